The highest BCUT2D eigenvalue weighted by Crippen LogP contribution is 2.33. The van der Waals surface area contributed by atoms with E-state index >= 15 is 0 Å². The predicted octanol–water partition coefficient (Wildman–Crippen LogP) is 10.7. The molecule has 0 radical (unpaired) electrons. The molecule has 434 valence electrons. The monoisotopic (exact) mass is 1110 g/mol. The van der Waals surface area contributed by atoms with Crippen molar-refractivity contribution in [3.05, 3.63) is 126 Å². The van der Waals surface area contributed by atoms with Gasteiger partial charge in [-0.2, -0.15) is 0 Å². The number of imide groups is 1. The number of hydrogen-bond donors (Lipinski definition) is 0. The number of aromatic nitrogens is 2. The minimum Gasteiger partial charge on any atom is -0.493 e. The van der Waals surface area contributed by atoms with E-state index in [0.29, 0.717) is 43.6 Å². The molecule has 2 aromatic heterocycles. The van der Waals surface area contributed by atoms with E-state index in [1.165, 1.54) is 61.6 Å². The van der Waals surface area contributed by atoms with Gasteiger partial charge in [0.25, 0.3) is 34.1 Å². The first kappa shape index (κ1) is 61.2. The van der Waals surface area contributed by atoms with Crippen LogP contribution in [0.15, 0.2) is 104 Å². The fourth-order valence-corrected chi connectivity index (χ4v) is 10.3. The van der Waals surface area contributed by atoms with Gasteiger partial charge in [0.15, 0.2) is 0 Å². The number of hydroxylamine groups is 2. The molecule has 5 aromatic rings. The van der Waals surface area contributed by atoms with Crippen LogP contribution in [0, 0.1) is 11.8 Å². The van der Waals surface area contributed by atoms with Crippen LogP contribution >= 0.6 is 0 Å². The van der Waals surface area contributed by atoms with E-state index in [2.05, 4.69) is 26.0 Å². The maximum Gasteiger partial charge on any atom is 0.336 e. The number of carbonyl (C=O) groups is 5. The van der Waals surface area contributed by atoms with Crippen LogP contribution in [-0.2, 0) is 51.4 Å². The Kier molecular flexibility index (Phi) is 23.8. The lowest BCUT2D eigenvalue weighted by molar-refractivity contribution is -0.200. The molecule has 1 saturated heterocycles. The van der Waals surface area contributed by atoms with E-state index in [1.54, 1.807) is 0 Å². The molecule has 3 heterocycles. The molecule has 0 bridgehead atoms. The van der Waals surface area contributed by atoms with Crippen LogP contribution in [-0.4, -0.2) is 70.3 Å². The Morgan fingerprint density at radius 1 is 0.531 bits per heavy atom. The summed E-state index contributed by atoms with van der Waals surface area (Å²) in [6.45, 7) is 6.27. The Balaban J connectivity index is 0.000000191. The topological polar surface area (TPSA) is 213 Å². The molecule has 1 aliphatic heterocycles. The van der Waals surface area contributed by atoms with Gasteiger partial charge >= 0.3 is 17.9 Å². The first-order chi connectivity index (χ1) is 39.4. The summed E-state index contributed by atoms with van der Waals surface area (Å²) in [5.41, 5.74) is -1.17. The van der Waals surface area contributed by atoms with Crippen LogP contribution in [0.4, 0.5) is 0 Å². The SMILES string of the molecule is CCCCCCCCCCn1c(=O)c2cc3c(=O)n(CCC(=O)OCC4CC=CCC4)c(=O)c3cc2c1=O.CCCCCCOc1cccc2c(OCCOC(=O)C3=CCC3)cccc12.O=C(ON1C(=O)CCC1=O)C1CC=CCC1. The van der Waals surface area contributed by atoms with Gasteiger partial charge in [0.2, 0.25) is 0 Å². The number of esters is 2. The van der Waals surface area contributed by atoms with Crippen molar-refractivity contribution >= 4 is 62.0 Å². The number of ether oxygens (including phenoxy) is 4. The Morgan fingerprint density at radius 3 is 1.59 bits per heavy atom. The summed E-state index contributed by atoms with van der Waals surface area (Å²) >= 11 is 0. The second kappa shape index (κ2) is 31.5. The number of hydrogen-bond acceptors (Lipinski definition) is 14. The fraction of sp³-hybridized carbons (Fsp3) is 0.516. The molecule has 4 aliphatic rings. The van der Waals surface area contributed by atoms with Gasteiger partial charge in [-0.1, -0.05) is 133 Å². The Morgan fingerprint density at radius 2 is 1.06 bits per heavy atom. The third kappa shape index (κ3) is 17.1. The van der Waals surface area contributed by atoms with Crippen molar-refractivity contribution in [3.8, 4) is 11.5 Å². The molecule has 0 saturated carbocycles. The maximum absolute atomic E-state index is 13.0. The lowest BCUT2D eigenvalue weighted by Gasteiger charge is -2.19. The standard InChI is InChI=1S/C30H38N2O6.C23H28O4.C11H13NO4/c1-2-3-4-5-6-7-8-12-16-31-27(34)22-18-24-25(19-23(22)28(31)35)30(37)32(29(24)36)17-15-26(33)38-20-21-13-10-9-11-14-21;1-2-3-4-5-15-25-21-13-7-12-20-19(21)11-8-14-22(20)26-16-17-27-23(24)18-9-6-10-18;13-9-6-7-10(14)12(9)16-11(15)8-4-2-1-3-5-8/h9-10,18-19,21H,2-8,11-17,20H2,1H3;7-9,11-14H,2-6,10,15-17H2,1H3;1-2,8H,3-7H2. The quantitative estimate of drug-likeness (QED) is 0.0207. The highest BCUT2D eigenvalue weighted by molar-refractivity contribution is 6.02. The summed E-state index contributed by atoms with van der Waals surface area (Å²) in [5, 5.41) is 3.20. The van der Waals surface area contributed by atoms with E-state index in [1.807, 2.05) is 54.6 Å². The number of unbranched alkanes of at least 4 members (excludes halogenated alkanes) is 10. The first-order valence-electron chi connectivity index (χ1n) is 29.5. The number of nitrogens with zero attached hydrogens (tertiary/aromatic N) is 3. The number of benzene rings is 3. The number of fused-ring (bicyclic) bond motifs is 3. The second-order valence-corrected chi connectivity index (χ2v) is 21.3. The molecule has 17 heteroatoms. The van der Waals surface area contributed by atoms with Gasteiger partial charge in [0.05, 0.1) is 47.1 Å². The lowest BCUT2D eigenvalue weighted by atomic mass is 9.95. The summed E-state index contributed by atoms with van der Waals surface area (Å²) in [4.78, 5) is 115. The number of rotatable bonds is 27. The molecule has 2 atom stereocenters. The number of carbonyl (C=O) groups excluding carboxylic acids is 5. The van der Waals surface area contributed by atoms with Crippen molar-refractivity contribution < 1.29 is 47.8 Å². The third-order valence-corrected chi connectivity index (χ3v) is 15.2. The summed E-state index contributed by atoms with van der Waals surface area (Å²) in [5.74, 6) is -0.271. The van der Waals surface area contributed by atoms with Crippen LogP contribution in [0.3, 0.4) is 0 Å². The summed E-state index contributed by atoms with van der Waals surface area (Å²) in [6.07, 6.45) is 30.6. The van der Waals surface area contributed by atoms with Crippen LogP contribution < -0.4 is 31.7 Å². The molecule has 1 fully saturated rings. The molecular formula is C64H79N3O14. The molecule has 9 rings (SSSR count). The molecule has 3 aliphatic carbocycles. The normalized spacial score (nSPS) is 16.6. The highest BCUT2D eigenvalue weighted by Gasteiger charge is 2.35. The van der Waals surface area contributed by atoms with E-state index in [0.717, 1.165) is 110 Å². The van der Waals surface area contributed by atoms with Crippen molar-refractivity contribution in [1.82, 2.24) is 14.2 Å². The molecule has 81 heavy (non-hydrogen) atoms. The average Bonchev–Trinajstić information content (AvgIpc) is 3.95. The summed E-state index contributed by atoms with van der Waals surface area (Å²) in [6, 6.07) is 14.7. The summed E-state index contributed by atoms with van der Waals surface area (Å²) in [7, 11) is 0. The van der Waals surface area contributed by atoms with Gasteiger partial charge in [-0.25, -0.2) is 9.59 Å². The second-order valence-electron chi connectivity index (χ2n) is 21.3. The van der Waals surface area contributed by atoms with Gasteiger partial charge in [0.1, 0.15) is 24.7 Å². The van der Waals surface area contributed by atoms with Crippen LogP contribution in [0.5, 0.6) is 11.5 Å². The van der Waals surface area contributed by atoms with Crippen LogP contribution in [0.2, 0.25) is 0 Å². The first-order valence-corrected chi connectivity index (χ1v) is 29.5. The largest absolute Gasteiger partial charge is 0.493 e. The van der Waals surface area contributed by atoms with Gasteiger partial charge in [-0.15, -0.1) is 5.06 Å². The van der Waals surface area contributed by atoms with Gasteiger partial charge < -0.3 is 23.8 Å². The molecule has 2 amide bonds. The third-order valence-electron chi connectivity index (χ3n) is 15.2. The fourth-order valence-electron chi connectivity index (χ4n) is 10.3. The smallest absolute Gasteiger partial charge is 0.336 e. The van der Waals surface area contributed by atoms with E-state index < -0.39 is 46.0 Å². The number of allylic oxidation sites excluding steroid dienone is 5. The Bertz CT molecular complexity index is 3190. The van der Waals surface area contributed by atoms with Crippen LogP contribution in [0.1, 0.15) is 162 Å². The highest BCUT2D eigenvalue weighted by atomic mass is 16.7. The molecule has 2 unspecified atom stereocenters. The Hall–Kier alpha value is -7.43. The maximum atomic E-state index is 13.0. The van der Waals surface area contributed by atoms with Gasteiger partial charge in [0, 0.05) is 42.3 Å². The van der Waals surface area contributed by atoms with Crippen molar-refractivity contribution in [2.75, 3.05) is 26.4 Å². The van der Waals surface area contributed by atoms with Gasteiger partial charge in [-0.05, 0) is 94.4 Å². The van der Waals surface area contributed by atoms with Crippen molar-refractivity contribution in [3.63, 3.8) is 0 Å². The zero-order valence-electron chi connectivity index (χ0n) is 47.2. The zero-order valence-corrected chi connectivity index (χ0v) is 47.2. The molecule has 17 nitrogen and oxygen atoms in total. The lowest BCUT2D eigenvalue weighted by Crippen LogP contribution is -2.34. The zero-order chi connectivity index (χ0) is 57.5. The minimum atomic E-state index is -0.556. The predicted molar refractivity (Wildman–Crippen MR) is 311 cm³/mol. The van der Waals surface area contributed by atoms with Crippen molar-refractivity contribution in [1.29, 1.82) is 0 Å². The number of amides is 2. The van der Waals surface area contributed by atoms with Crippen LogP contribution in [0.25, 0.3) is 32.3 Å². The molecule has 0 spiro atoms. The van der Waals surface area contributed by atoms with Crippen molar-refractivity contribution in [2.45, 2.75) is 175 Å². The van der Waals surface area contributed by atoms with E-state index in [-0.39, 0.29) is 65.8 Å². The molecule has 0 N–H and O–H groups in total. The van der Waals surface area contributed by atoms with E-state index in [9.17, 15) is 43.2 Å². The van der Waals surface area contributed by atoms with Crippen molar-refractivity contribution in [2.24, 2.45) is 11.8 Å². The molecule has 3 aromatic carbocycles. The van der Waals surface area contributed by atoms with Gasteiger partial charge in [-0.3, -0.25) is 42.7 Å². The molecular weight excluding hydrogens is 1030 g/mol. The average molecular weight is 1110 g/mol. The Labute approximate surface area is 472 Å². The summed E-state index contributed by atoms with van der Waals surface area (Å²) < 4.78 is 24.7. The minimum absolute atomic E-state index is 0.0992. The van der Waals surface area contributed by atoms with E-state index in [4.69, 9.17) is 23.8 Å².